The average molecular weight is 314 g/mol. The number of methoxy groups -OCH3 is 1. The number of nitrogens with one attached hydrogen (secondary N) is 1. The maximum Gasteiger partial charge on any atom is 0.251 e. The molecule has 1 aromatic rings. The highest BCUT2D eigenvalue weighted by Crippen LogP contribution is 2.43. The first-order valence-corrected chi connectivity index (χ1v) is 7.35. The number of hydrogen-bond acceptors (Lipinski definition) is 3. The van der Waals surface area contributed by atoms with Crippen LogP contribution in [0.4, 0.5) is 4.39 Å². The van der Waals surface area contributed by atoms with E-state index in [1.807, 2.05) is 0 Å². The fourth-order valence-electron chi connectivity index (χ4n) is 3.35. The van der Waals surface area contributed by atoms with Crippen molar-refractivity contribution in [2.45, 2.75) is 18.6 Å². The number of rotatable bonds is 4. The summed E-state index contributed by atoms with van der Waals surface area (Å²) in [5, 5.41) is 3.18. The average Bonchev–Trinajstić information content (AvgIpc) is 2.85. The van der Waals surface area contributed by atoms with Crippen molar-refractivity contribution >= 4 is 17.5 Å². The van der Waals surface area contributed by atoms with Gasteiger partial charge in [0.05, 0.1) is 12.7 Å². The fourth-order valence-corrected chi connectivity index (χ4v) is 3.58. The van der Waals surface area contributed by atoms with Crippen molar-refractivity contribution in [1.29, 1.82) is 0 Å². The van der Waals surface area contributed by atoms with Gasteiger partial charge in [0.15, 0.2) is 0 Å². The summed E-state index contributed by atoms with van der Waals surface area (Å²) in [6.45, 7) is 1.25. The highest BCUT2D eigenvalue weighted by molar-refractivity contribution is 6.31. The summed E-state index contributed by atoms with van der Waals surface area (Å²) < 4.78 is 24.2. The van der Waals surface area contributed by atoms with E-state index < -0.39 is 5.82 Å². The van der Waals surface area contributed by atoms with Crippen LogP contribution in [-0.4, -0.2) is 38.4 Å². The van der Waals surface area contributed by atoms with E-state index in [1.54, 1.807) is 7.11 Å². The summed E-state index contributed by atoms with van der Waals surface area (Å²) in [5.74, 6) is -0.363. The molecular weight excluding hydrogens is 297 g/mol. The van der Waals surface area contributed by atoms with Gasteiger partial charge in [-0.05, 0) is 24.6 Å². The molecule has 0 aromatic heterocycles. The molecule has 2 fully saturated rings. The molecular formula is C15H17ClFNO3. The fraction of sp³-hybridized carbons (Fsp3) is 0.533. The quantitative estimate of drug-likeness (QED) is 0.927. The van der Waals surface area contributed by atoms with Crippen molar-refractivity contribution in [2.75, 3.05) is 20.3 Å². The van der Waals surface area contributed by atoms with Gasteiger partial charge in [-0.25, -0.2) is 4.39 Å². The van der Waals surface area contributed by atoms with Crippen LogP contribution in [0.3, 0.4) is 0 Å². The summed E-state index contributed by atoms with van der Waals surface area (Å²) in [7, 11) is 1.63. The zero-order valence-corrected chi connectivity index (χ0v) is 12.4. The molecule has 21 heavy (non-hydrogen) atoms. The standard InChI is InChI=1S/C15H17ClFNO3/c1-20-7-12-13(11-2-3-21-14(11)12)18-15(19)8-4-9(16)6-10(17)5-8/h4-6,11-14H,2-3,7H2,1H3,(H,18,19)/t11-,12+,13+,14-/m0/s1. The molecule has 114 valence electrons. The summed E-state index contributed by atoms with van der Waals surface area (Å²) in [6.07, 6.45) is 1.09. The second kappa shape index (κ2) is 5.91. The van der Waals surface area contributed by atoms with E-state index in [2.05, 4.69) is 5.32 Å². The Balaban J connectivity index is 1.71. The minimum absolute atomic E-state index is 0.00647. The SMILES string of the molecule is COC[C@@H]1[C@H](NC(=O)c2cc(F)cc(Cl)c2)[C@@H]2CCO[C@H]12. The Morgan fingerprint density at radius 1 is 1.52 bits per heavy atom. The van der Waals surface area contributed by atoms with Crippen LogP contribution in [0.25, 0.3) is 0 Å². The van der Waals surface area contributed by atoms with Gasteiger partial charge < -0.3 is 14.8 Å². The van der Waals surface area contributed by atoms with Gasteiger partial charge in [-0.2, -0.15) is 0 Å². The smallest absolute Gasteiger partial charge is 0.251 e. The normalized spacial score (nSPS) is 30.6. The second-order valence-electron chi connectivity index (χ2n) is 5.56. The van der Waals surface area contributed by atoms with Crippen LogP contribution in [0.15, 0.2) is 18.2 Å². The van der Waals surface area contributed by atoms with Crippen molar-refractivity contribution in [2.24, 2.45) is 11.8 Å². The number of carbonyl (C=O) groups is 1. The van der Waals surface area contributed by atoms with E-state index >= 15 is 0 Å². The van der Waals surface area contributed by atoms with Gasteiger partial charge in [0.1, 0.15) is 5.82 Å². The molecule has 0 unspecified atom stereocenters. The maximum atomic E-state index is 13.3. The Hall–Kier alpha value is -1.17. The van der Waals surface area contributed by atoms with E-state index in [9.17, 15) is 9.18 Å². The van der Waals surface area contributed by atoms with Crippen LogP contribution in [0.5, 0.6) is 0 Å². The van der Waals surface area contributed by atoms with Gasteiger partial charge in [0.2, 0.25) is 0 Å². The van der Waals surface area contributed by atoms with Gasteiger partial charge in [-0.1, -0.05) is 11.6 Å². The highest BCUT2D eigenvalue weighted by atomic mass is 35.5. The summed E-state index contributed by atoms with van der Waals surface area (Å²) in [4.78, 5) is 12.3. The topological polar surface area (TPSA) is 47.6 Å². The van der Waals surface area contributed by atoms with Crippen molar-refractivity contribution in [3.63, 3.8) is 0 Å². The van der Waals surface area contributed by atoms with Gasteiger partial charge in [0.25, 0.3) is 5.91 Å². The zero-order valence-electron chi connectivity index (χ0n) is 11.6. The minimum Gasteiger partial charge on any atom is -0.384 e. The first-order valence-electron chi connectivity index (χ1n) is 6.97. The van der Waals surface area contributed by atoms with Crippen molar-refractivity contribution in [3.8, 4) is 0 Å². The van der Waals surface area contributed by atoms with Gasteiger partial charge in [-0.15, -0.1) is 0 Å². The number of ether oxygens (including phenoxy) is 2. The zero-order chi connectivity index (χ0) is 15.0. The molecule has 1 amide bonds. The van der Waals surface area contributed by atoms with E-state index in [1.165, 1.54) is 18.2 Å². The molecule has 1 heterocycles. The lowest BCUT2D eigenvalue weighted by Crippen LogP contribution is -2.62. The van der Waals surface area contributed by atoms with E-state index in [4.69, 9.17) is 21.1 Å². The minimum atomic E-state index is -0.517. The first kappa shape index (κ1) is 14.8. The second-order valence-corrected chi connectivity index (χ2v) is 6.00. The van der Waals surface area contributed by atoms with Crippen LogP contribution in [0.1, 0.15) is 16.8 Å². The predicted molar refractivity (Wildman–Crippen MR) is 75.9 cm³/mol. The lowest BCUT2D eigenvalue weighted by Gasteiger charge is -2.47. The maximum absolute atomic E-state index is 13.3. The number of amides is 1. The lowest BCUT2D eigenvalue weighted by molar-refractivity contribution is -0.0809. The highest BCUT2D eigenvalue weighted by Gasteiger charge is 2.54. The van der Waals surface area contributed by atoms with Crippen LogP contribution in [0, 0.1) is 17.7 Å². The molecule has 3 rings (SSSR count). The molecule has 1 aliphatic carbocycles. The molecule has 6 heteroatoms. The molecule has 1 aromatic carbocycles. The van der Waals surface area contributed by atoms with E-state index in [0.29, 0.717) is 19.1 Å². The molecule has 0 bridgehead atoms. The Morgan fingerprint density at radius 3 is 3.05 bits per heavy atom. The molecule has 4 nitrogen and oxygen atoms in total. The number of hydrogen-bond donors (Lipinski definition) is 1. The Bertz CT molecular complexity index is 533. The van der Waals surface area contributed by atoms with Crippen molar-refractivity contribution in [3.05, 3.63) is 34.6 Å². The Labute approximate surface area is 127 Å². The Morgan fingerprint density at radius 2 is 2.33 bits per heavy atom. The molecule has 0 spiro atoms. The number of halogens is 2. The third-order valence-electron chi connectivity index (χ3n) is 4.31. The van der Waals surface area contributed by atoms with Gasteiger partial charge >= 0.3 is 0 Å². The van der Waals surface area contributed by atoms with Crippen LogP contribution < -0.4 is 5.32 Å². The Kier molecular flexibility index (Phi) is 4.15. The molecule has 1 N–H and O–H groups in total. The van der Waals surface area contributed by atoms with Crippen molar-refractivity contribution in [1.82, 2.24) is 5.32 Å². The third kappa shape index (κ3) is 2.78. The first-order chi connectivity index (χ1) is 10.1. The van der Waals surface area contributed by atoms with Gasteiger partial charge in [0, 0.05) is 42.2 Å². The van der Waals surface area contributed by atoms with Crippen LogP contribution in [-0.2, 0) is 9.47 Å². The summed E-state index contributed by atoms with van der Waals surface area (Å²) >= 11 is 5.79. The molecule has 0 radical (unpaired) electrons. The number of carbonyl (C=O) groups excluding carboxylic acids is 1. The summed E-state index contributed by atoms with van der Waals surface area (Å²) in [5.41, 5.74) is 0.235. The van der Waals surface area contributed by atoms with Crippen LogP contribution >= 0.6 is 11.6 Å². The molecule has 4 atom stereocenters. The van der Waals surface area contributed by atoms with E-state index in [-0.39, 0.29) is 34.6 Å². The monoisotopic (exact) mass is 313 g/mol. The van der Waals surface area contributed by atoms with E-state index in [0.717, 1.165) is 6.42 Å². The molecule has 1 aliphatic heterocycles. The number of fused-ring (bicyclic) bond motifs is 1. The number of benzene rings is 1. The summed E-state index contributed by atoms with van der Waals surface area (Å²) in [6, 6.07) is 3.84. The van der Waals surface area contributed by atoms with Gasteiger partial charge in [-0.3, -0.25) is 4.79 Å². The third-order valence-corrected chi connectivity index (χ3v) is 4.53. The molecule has 1 saturated heterocycles. The van der Waals surface area contributed by atoms with Crippen molar-refractivity contribution < 1.29 is 18.7 Å². The lowest BCUT2D eigenvalue weighted by atomic mass is 9.67. The van der Waals surface area contributed by atoms with Crippen LogP contribution in [0.2, 0.25) is 5.02 Å². The molecule has 1 saturated carbocycles. The largest absolute Gasteiger partial charge is 0.384 e. The predicted octanol–water partition coefficient (Wildman–Crippen LogP) is 2.26. The molecule has 2 aliphatic rings.